The first-order valence-corrected chi connectivity index (χ1v) is 9.41. The van der Waals surface area contributed by atoms with E-state index in [2.05, 4.69) is 11.1 Å². The van der Waals surface area contributed by atoms with Gasteiger partial charge in [0.05, 0.1) is 22.3 Å². The highest BCUT2D eigenvalue weighted by Gasteiger charge is 2.49. The molecule has 3 rings (SSSR count). The molecule has 1 aliphatic rings. The van der Waals surface area contributed by atoms with Crippen molar-refractivity contribution in [3.63, 3.8) is 0 Å². The van der Waals surface area contributed by atoms with E-state index in [9.17, 15) is 15.2 Å². The summed E-state index contributed by atoms with van der Waals surface area (Å²) in [6.07, 6.45) is 0. The molecule has 0 saturated carbocycles. The van der Waals surface area contributed by atoms with Gasteiger partial charge in [0.15, 0.2) is 5.96 Å². The lowest BCUT2D eigenvalue weighted by Crippen LogP contribution is -2.52. The standard InChI is InChI=1S/C20H22N4O2S/c1-19(2,11-21)13-7-5-12(6-8-13)15-17(26)24(4)18(22)23-20(15,3)16-14(25)9-10-27-16/h5-10,15,25H,1-4H3,(H2,22,23)/t15?,20-/m0/s1. The zero-order chi connectivity index (χ0) is 20.0. The van der Waals surface area contributed by atoms with Crippen LogP contribution in [0.1, 0.15) is 42.7 Å². The monoisotopic (exact) mass is 382 g/mol. The van der Waals surface area contributed by atoms with Crippen molar-refractivity contribution in [3.8, 4) is 11.8 Å². The van der Waals surface area contributed by atoms with Crippen molar-refractivity contribution in [3.05, 3.63) is 51.7 Å². The molecule has 0 saturated heterocycles. The first kappa shape index (κ1) is 18.9. The zero-order valence-corrected chi connectivity index (χ0v) is 16.5. The number of guanidine groups is 1. The third-order valence-corrected chi connectivity index (χ3v) is 6.31. The lowest BCUT2D eigenvalue weighted by atomic mass is 9.76. The van der Waals surface area contributed by atoms with Gasteiger partial charge in [-0.3, -0.25) is 9.69 Å². The Morgan fingerprint density at radius 3 is 2.48 bits per heavy atom. The Hall–Kier alpha value is -2.85. The van der Waals surface area contributed by atoms with Crippen LogP contribution < -0.4 is 5.73 Å². The maximum absolute atomic E-state index is 13.1. The SMILES string of the molecule is CN1C(=O)C(c2ccc(C(C)(C)C#N)cc2)[C@@](C)(c2sccc2O)N=C1N. The number of amides is 1. The van der Waals surface area contributed by atoms with Gasteiger partial charge in [0, 0.05) is 7.05 Å². The van der Waals surface area contributed by atoms with Crippen molar-refractivity contribution in [1.29, 1.82) is 5.26 Å². The summed E-state index contributed by atoms with van der Waals surface area (Å²) in [5.74, 6) is -0.610. The summed E-state index contributed by atoms with van der Waals surface area (Å²) >= 11 is 1.34. The van der Waals surface area contributed by atoms with Gasteiger partial charge < -0.3 is 10.8 Å². The number of thiophene rings is 1. The van der Waals surface area contributed by atoms with Gasteiger partial charge in [-0.15, -0.1) is 11.3 Å². The average molecular weight is 382 g/mol. The van der Waals surface area contributed by atoms with Crippen molar-refractivity contribution < 1.29 is 9.90 Å². The van der Waals surface area contributed by atoms with Crippen molar-refractivity contribution >= 4 is 23.2 Å². The van der Waals surface area contributed by atoms with Gasteiger partial charge in [-0.05, 0) is 43.3 Å². The van der Waals surface area contributed by atoms with Crippen molar-refractivity contribution in [2.24, 2.45) is 10.7 Å². The number of nitrogens with two attached hydrogens (primary N) is 1. The van der Waals surface area contributed by atoms with Crippen LogP contribution in [0.5, 0.6) is 5.75 Å². The number of carbonyl (C=O) groups excluding carboxylic acids is 1. The normalized spacial score (nSPS) is 23.1. The maximum Gasteiger partial charge on any atom is 0.239 e. The van der Waals surface area contributed by atoms with E-state index in [1.165, 1.54) is 16.2 Å². The molecule has 6 nitrogen and oxygen atoms in total. The van der Waals surface area contributed by atoms with Crippen LogP contribution in [0.25, 0.3) is 0 Å². The summed E-state index contributed by atoms with van der Waals surface area (Å²) < 4.78 is 0. The zero-order valence-electron chi connectivity index (χ0n) is 15.7. The van der Waals surface area contributed by atoms with Crippen LogP contribution in [0.4, 0.5) is 0 Å². The van der Waals surface area contributed by atoms with E-state index in [0.29, 0.717) is 4.88 Å². The van der Waals surface area contributed by atoms with E-state index < -0.39 is 16.9 Å². The molecule has 2 heterocycles. The van der Waals surface area contributed by atoms with Crippen LogP contribution in [0, 0.1) is 11.3 Å². The fourth-order valence-electron chi connectivity index (χ4n) is 3.41. The number of benzene rings is 1. The number of likely N-dealkylation sites (N-methyl/N-ethyl adjacent to an activating group) is 1. The second-order valence-electron chi connectivity index (χ2n) is 7.44. The van der Waals surface area contributed by atoms with Crippen molar-refractivity contribution in [2.45, 2.75) is 37.6 Å². The van der Waals surface area contributed by atoms with Crippen LogP contribution in [-0.4, -0.2) is 28.9 Å². The van der Waals surface area contributed by atoms with E-state index in [0.717, 1.165) is 11.1 Å². The van der Waals surface area contributed by atoms with Crippen molar-refractivity contribution in [1.82, 2.24) is 4.90 Å². The van der Waals surface area contributed by atoms with Crippen LogP contribution >= 0.6 is 11.3 Å². The lowest BCUT2D eigenvalue weighted by molar-refractivity contribution is -0.130. The number of carbonyl (C=O) groups is 1. The lowest BCUT2D eigenvalue weighted by Gasteiger charge is -2.40. The first-order chi connectivity index (χ1) is 12.6. The van der Waals surface area contributed by atoms with Gasteiger partial charge in [0.25, 0.3) is 0 Å². The quantitative estimate of drug-likeness (QED) is 0.851. The third-order valence-electron chi connectivity index (χ3n) is 5.18. The highest BCUT2D eigenvalue weighted by molar-refractivity contribution is 7.10. The molecule has 1 aromatic heterocycles. The van der Waals surface area contributed by atoms with Crippen LogP contribution in [0.15, 0.2) is 40.7 Å². The van der Waals surface area contributed by atoms with Gasteiger partial charge in [-0.2, -0.15) is 5.26 Å². The number of rotatable bonds is 3. The van der Waals surface area contributed by atoms with E-state index in [1.54, 1.807) is 18.5 Å². The topological polar surface area (TPSA) is 103 Å². The molecule has 27 heavy (non-hydrogen) atoms. The molecule has 1 aromatic carbocycles. The Bertz CT molecular complexity index is 955. The Kier molecular flexibility index (Phi) is 4.48. The van der Waals surface area contributed by atoms with E-state index >= 15 is 0 Å². The highest BCUT2D eigenvalue weighted by atomic mass is 32.1. The van der Waals surface area contributed by atoms with Crippen molar-refractivity contribution in [2.75, 3.05) is 7.05 Å². The predicted octanol–water partition coefficient (Wildman–Crippen LogP) is 3.04. The smallest absolute Gasteiger partial charge is 0.239 e. The van der Waals surface area contributed by atoms with Crippen LogP contribution in [0.2, 0.25) is 0 Å². The molecule has 0 aliphatic carbocycles. The van der Waals surface area contributed by atoms with Gasteiger partial charge >= 0.3 is 0 Å². The molecule has 0 fully saturated rings. The Balaban J connectivity index is 2.15. The largest absolute Gasteiger partial charge is 0.507 e. The molecule has 0 radical (unpaired) electrons. The Labute approximate surface area is 162 Å². The minimum atomic E-state index is -1.02. The summed E-state index contributed by atoms with van der Waals surface area (Å²) in [6.45, 7) is 5.51. The molecule has 2 aromatic rings. The number of aromatic hydroxyl groups is 1. The average Bonchev–Trinajstić information content (AvgIpc) is 3.07. The summed E-state index contributed by atoms with van der Waals surface area (Å²) in [5.41, 5.74) is 5.97. The molecule has 140 valence electrons. The third kappa shape index (κ3) is 2.96. The summed E-state index contributed by atoms with van der Waals surface area (Å²) in [6, 6.07) is 11.3. The summed E-state index contributed by atoms with van der Waals surface area (Å²) in [7, 11) is 1.59. The second kappa shape index (κ2) is 6.39. The number of aliphatic imine (C=N–C) groups is 1. The molecule has 3 N–H and O–H groups in total. The number of nitrogens with zero attached hydrogens (tertiary/aromatic N) is 3. The number of hydrogen-bond acceptors (Lipinski definition) is 6. The minimum Gasteiger partial charge on any atom is -0.507 e. The van der Waals surface area contributed by atoms with Gasteiger partial charge in [-0.25, -0.2) is 4.99 Å². The molecule has 1 amide bonds. The fraction of sp³-hybridized carbons (Fsp3) is 0.350. The first-order valence-electron chi connectivity index (χ1n) is 8.53. The molecular formula is C20H22N4O2S. The van der Waals surface area contributed by atoms with Crippen LogP contribution in [-0.2, 0) is 15.7 Å². The molecule has 7 heteroatoms. The van der Waals surface area contributed by atoms with Gasteiger partial charge in [-0.1, -0.05) is 24.3 Å². The van der Waals surface area contributed by atoms with E-state index in [1.807, 2.05) is 45.0 Å². The molecule has 0 bridgehead atoms. The molecule has 2 atom stereocenters. The molecule has 0 spiro atoms. The second-order valence-corrected chi connectivity index (χ2v) is 8.36. The maximum atomic E-state index is 13.1. The molecular weight excluding hydrogens is 360 g/mol. The Morgan fingerprint density at radius 1 is 1.33 bits per heavy atom. The van der Waals surface area contributed by atoms with E-state index in [4.69, 9.17) is 5.73 Å². The van der Waals surface area contributed by atoms with Crippen LogP contribution in [0.3, 0.4) is 0 Å². The van der Waals surface area contributed by atoms with Gasteiger partial charge in [0.2, 0.25) is 5.91 Å². The minimum absolute atomic E-state index is 0.101. The summed E-state index contributed by atoms with van der Waals surface area (Å²) in [4.78, 5) is 19.7. The fourth-order valence-corrected chi connectivity index (χ4v) is 4.34. The van der Waals surface area contributed by atoms with Gasteiger partial charge in [0.1, 0.15) is 11.3 Å². The van der Waals surface area contributed by atoms with E-state index in [-0.39, 0.29) is 17.6 Å². The Morgan fingerprint density at radius 2 is 1.96 bits per heavy atom. The predicted molar refractivity (Wildman–Crippen MR) is 106 cm³/mol. The number of hydrogen-bond donors (Lipinski definition) is 2. The summed E-state index contributed by atoms with van der Waals surface area (Å²) in [5, 5.41) is 21.4. The highest BCUT2D eigenvalue weighted by Crippen LogP contribution is 2.48. The molecule has 1 unspecified atom stereocenters. The molecule has 1 aliphatic heterocycles. The number of nitriles is 1.